The standard InChI is InChI=1S/C23H27N3O6/c1-5-31-20-11-17(7-9-19(20)32-14-23(29)30-4)13-24-26-22(28)12-21(27)25-18-8-6-15(2)16(3)10-18/h6-11,13H,5,12,14H2,1-4H3,(H,25,27)(H,26,28). The monoisotopic (exact) mass is 441 g/mol. The van der Waals surface area contributed by atoms with E-state index < -0.39 is 17.8 Å². The highest BCUT2D eigenvalue weighted by atomic mass is 16.6. The van der Waals surface area contributed by atoms with Gasteiger partial charge in [0.2, 0.25) is 11.8 Å². The van der Waals surface area contributed by atoms with Crippen LogP contribution in [0.4, 0.5) is 5.69 Å². The molecule has 2 aromatic rings. The number of carbonyl (C=O) groups excluding carboxylic acids is 3. The van der Waals surface area contributed by atoms with Crippen LogP contribution in [0, 0.1) is 13.8 Å². The zero-order valence-corrected chi connectivity index (χ0v) is 18.6. The minimum absolute atomic E-state index is 0.246. The number of rotatable bonds is 10. The highest BCUT2D eigenvalue weighted by Gasteiger charge is 2.11. The van der Waals surface area contributed by atoms with Crippen molar-refractivity contribution in [1.82, 2.24) is 5.43 Å². The van der Waals surface area contributed by atoms with Crippen LogP contribution < -0.4 is 20.2 Å². The van der Waals surface area contributed by atoms with Crippen molar-refractivity contribution < 1.29 is 28.6 Å². The fourth-order valence-corrected chi connectivity index (χ4v) is 2.58. The predicted octanol–water partition coefficient (Wildman–Crippen LogP) is 2.73. The van der Waals surface area contributed by atoms with E-state index in [2.05, 4.69) is 20.6 Å². The Bertz CT molecular complexity index is 1000. The maximum absolute atomic E-state index is 12.1. The van der Waals surface area contributed by atoms with Crippen molar-refractivity contribution in [2.75, 3.05) is 25.6 Å². The van der Waals surface area contributed by atoms with Crippen LogP contribution >= 0.6 is 0 Å². The molecule has 0 unspecified atom stereocenters. The van der Waals surface area contributed by atoms with Gasteiger partial charge in [0.15, 0.2) is 18.1 Å². The number of aryl methyl sites for hydroxylation is 2. The topological polar surface area (TPSA) is 115 Å². The lowest BCUT2D eigenvalue weighted by Gasteiger charge is -2.11. The van der Waals surface area contributed by atoms with Gasteiger partial charge in [0, 0.05) is 5.69 Å². The summed E-state index contributed by atoms with van der Waals surface area (Å²) in [6.07, 6.45) is 1.04. The molecule has 0 aliphatic heterocycles. The second-order valence-electron chi connectivity index (χ2n) is 6.82. The average molecular weight is 441 g/mol. The molecular formula is C23H27N3O6. The Morgan fingerprint density at radius 1 is 0.969 bits per heavy atom. The number of anilines is 1. The molecule has 9 nitrogen and oxygen atoms in total. The Morgan fingerprint density at radius 2 is 1.75 bits per heavy atom. The molecule has 2 N–H and O–H groups in total. The van der Waals surface area contributed by atoms with Crippen LogP contribution in [0.1, 0.15) is 30.0 Å². The fraction of sp³-hybridized carbons (Fsp3) is 0.304. The molecule has 32 heavy (non-hydrogen) atoms. The number of ether oxygens (including phenoxy) is 3. The maximum Gasteiger partial charge on any atom is 0.343 e. The molecule has 0 spiro atoms. The maximum atomic E-state index is 12.1. The van der Waals surface area contributed by atoms with E-state index >= 15 is 0 Å². The van der Waals surface area contributed by atoms with Crippen LogP contribution in [0.25, 0.3) is 0 Å². The number of nitrogens with zero attached hydrogens (tertiary/aromatic N) is 1. The fourth-order valence-electron chi connectivity index (χ4n) is 2.58. The number of amides is 2. The molecule has 0 radical (unpaired) electrons. The zero-order chi connectivity index (χ0) is 23.5. The first kappa shape index (κ1) is 24.4. The molecule has 0 saturated carbocycles. The SMILES string of the molecule is CCOc1cc(C=NNC(=O)CC(=O)Nc2ccc(C)c(C)c2)ccc1OCC(=O)OC. The third-order valence-electron chi connectivity index (χ3n) is 4.36. The van der Waals surface area contributed by atoms with Gasteiger partial charge in [-0.3, -0.25) is 9.59 Å². The number of hydrogen-bond acceptors (Lipinski definition) is 7. The van der Waals surface area contributed by atoms with Gasteiger partial charge in [-0.2, -0.15) is 5.10 Å². The van der Waals surface area contributed by atoms with E-state index in [9.17, 15) is 14.4 Å². The second kappa shape index (κ2) is 12.1. The minimum Gasteiger partial charge on any atom is -0.490 e. The van der Waals surface area contributed by atoms with Gasteiger partial charge in [0.05, 0.1) is 19.9 Å². The number of hydrazone groups is 1. The summed E-state index contributed by atoms with van der Waals surface area (Å²) in [4.78, 5) is 35.3. The third kappa shape index (κ3) is 7.75. The normalized spacial score (nSPS) is 10.5. The van der Waals surface area contributed by atoms with E-state index in [1.54, 1.807) is 24.3 Å². The first-order valence-corrected chi connectivity index (χ1v) is 9.97. The Morgan fingerprint density at radius 3 is 2.44 bits per heavy atom. The van der Waals surface area contributed by atoms with Gasteiger partial charge < -0.3 is 19.5 Å². The third-order valence-corrected chi connectivity index (χ3v) is 4.36. The summed E-state index contributed by atoms with van der Waals surface area (Å²) in [5.74, 6) is -0.708. The second-order valence-corrected chi connectivity index (χ2v) is 6.82. The van der Waals surface area contributed by atoms with Crippen LogP contribution in [0.3, 0.4) is 0 Å². The van der Waals surface area contributed by atoms with E-state index in [1.165, 1.54) is 13.3 Å². The van der Waals surface area contributed by atoms with Crippen molar-refractivity contribution in [3.8, 4) is 11.5 Å². The predicted molar refractivity (Wildman–Crippen MR) is 120 cm³/mol. The summed E-state index contributed by atoms with van der Waals surface area (Å²) < 4.78 is 15.5. The molecule has 0 fully saturated rings. The average Bonchev–Trinajstić information content (AvgIpc) is 2.75. The van der Waals surface area contributed by atoms with Gasteiger partial charge in [-0.25, -0.2) is 10.2 Å². The van der Waals surface area contributed by atoms with Gasteiger partial charge in [0.1, 0.15) is 6.42 Å². The molecule has 0 aromatic heterocycles. The van der Waals surface area contributed by atoms with E-state index in [4.69, 9.17) is 9.47 Å². The van der Waals surface area contributed by atoms with E-state index in [0.717, 1.165) is 11.1 Å². The molecule has 2 aromatic carbocycles. The lowest BCUT2D eigenvalue weighted by molar-refractivity contribution is -0.143. The van der Waals surface area contributed by atoms with Crippen LogP contribution in [0.2, 0.25) is 0 Å². The summed E-state index contributed by atoms with van der Waals surface area (Å²) in [7, 11) is 1.27. The van der Waals surface area contributed by atoms with Crippen molar-refractivity contribution in [1.29, 1.82) is 0 Å². The zero-order valence-electron chi connectivity index (χ0n) is 18.6. The molecule has 2 rings (SSSR count). The first-order chi connectivity index (χ1) is 15.3. The highest BCUT2D eigenvalue weighted by molar-refractivity contribution is 6.03. The number of hydrogen-bond donors (Lipinski definition) is 2. The summed E-state index contributed by atoms with van der Waals surface area (Å²) in [5, 5.41) is 6.56. The van der Waals surface area contributed by atoms with Crippen LogP contribution in [-0.2, 0) is 19.1 Å². The van der Waals surface area contributed by atoms with Crippen LogP contribution in [0.5, 0.6) is 11.5 Å². The molecule has 0 atom stereocenters. The first-order valence-electron chi connectivity index (χ1n) is 9.97. The Balaban J connectivity index is 1.90. The number of carbonyl (C=O) groups is 3. The Kier molecular flexibility index (Phi) is 9.22. The number of benzene rings is 2. The molecule has 170 valence electrons. The van der Waals surface area contributed by atoms with Crippen molar-refractivity contribution in [3.63, 3.8) is 0 Å². The van der Waals surface area contributed by atoms with Crippen molar-refractivity contribution >= 4 is 29.7 Å². The lowest BCUT2D eigenvalue weighted by atomic mass is 10.1. The number of methoxy groups -OCH3 is 1. The van der Waals surface area contributed by atoms with Gasteiger partial charge >= 0.3 is 5.97 Å². The summed E-state index contributed by atoms with van der Waals surface area (Å²) in [6.45, 7) is 5.88. The molecular weight excluding hydrogens is 414 g/mol. The van der Waals surface area contributed by atoms with Crippen molar-refractivity contribution in [2.45, 2.75) is 27.2 Å². The summed E-state index contributed by atoms with van der Waals surface area (Å²) in [5.41, 5.74) is 5.74. The van der Waals surface area contributed by atoms with E-state index in [0.29, 0.717) is 29.4 Å². The highest BCUT2D eigenvalue weighted by Crippen LogP contribution is 2.28. The van der Waals surface area contributed by atoms with Crippen molar-refractivity contribution in [3.05, 3.63) is 53.1 Å². The lowest BCUT2D eigenvalue weighted by Crippen LogP contribution is -2.24. The molecule has 0 heterocycles. The van der Waals surface area contributed by atoms with E-state index in [-0.39, 0.29) is 13.0 Å². The molecule has 2 amide bonds. The largest absolute Gasteiger partial charge is 0.490 e. The van der Waals surface area contributed by atoms with Gasteiger partial charge in [-0.1, -0.05) is 6.07 Å². The summed E-state index contributed by atoms with van der Waals surface area (Å²) in [6, 6.07) is 10.5. The molecule has 0 aliphatic rings. The molecule has 0 saturated heterocycles. The van der Waals surface area contributed by atoms with Gasteiger partial charge in [0.25, 0.3) is 0 Å². The minimum atomic E-state index is -0.550. The molecule has 0 aliphatic carbocycles. The van der Waals surface area contributed by atoms with Crippen molar-refractivity contribution in [2.24, 2.45) is 5.10 Å². The quantitative estimate of drug-likeness (QED) is 0.254. The Labute approximate surface area is 186 Å². The van der Waals surface area contributed by atoms with Gasteiger partial charge in [-0.05, 0) is 67.8 Å². The number of esters is 1. The number of nitrogens with one attached hydrogen (secondary N) is 2. The summed E-state index contributed by atoms with van der Waals surface area (Å²) >= 11 is 0. The smallest absolute Gasteiger partial charge is 0.343 e. The van der Waals surface area contributed by atoms with Gasteiger partial charge in [-0.15, -0.1) is 0 Å². The van der Waals surface area contributed by atoms with Crippen LogP contribution in [-0.4, -0.2) is 44.3 Å². The van der Waals surface area contributed by atoms with E-state index in [1.807, 2.05) is 32.9 Å². The molecule has 0 bridgehead atoms. The van der Waals surface area contributed by atoms with Crippen LogP contribution in [0.15, 0.2) is 41.5 Å². The molecule has 9 heteroatoms. The Hall–Kier alpha value is -3.88.